The third-order valence-electron chi connectivity index (χ3n) is 6.80. The second-order valence-corrected chi connectivity index (χ2v) is 10.8. The van der Waals surface area contributed by atoms with Crippen molar-refractivity contribution in [3.63, 3.8) is 0 Å². The Morgan fingerprint density at radius 1 is 0.844 bits per heavy atom. The first-order valence-corrected chi connectivity index (χ1v) is 14.5. The van der Waals surface area contributed by atoms with Gasteiger partial charge in [0.2, 0.25) is 5.75 Å². The molecule has 0 aliphatic carbocycles. The number of halogens is 2. The highest BCUT2D eigenvalue weighted by atomic mass is 79.9. The number of amides is 1. The Labute approximate surface area is 272 Å². The van der Waals surface area contributed by atoms with Crippen LogP contribution in [0.15, 0.2) is 82.4 Å². The smallest absolute Gasteiger partial charge is 0.343 e. The van der Waals surface area contributed by atoms with Crippen LogP contribution in [-0.4, -0.2) is 51.5 Å². The van der Waals surface area contributed by atoms with Gasteiger partial charge in [-0.15, -0.1) is 0 Å². The Bertz CT molecular complexity index is 1910. The molecule has 0 saturated heterocycles. The van der Waals surface area contributed by atoms with Crippen LogP contribution in [0.2, 0.25) is 5.02 Å². The van der Waals surface area contributed by atoms with Crippen LogP contribution >= 0.6 is 27.5 Å². The van der Waals surface area contributed by atoms with E-state index in [1.807, 2.05) is 36.4 Å². The molecule has 45 heavy (non-hydrogen) atoms. The molecule has 1 heterocycles. The Morgan fingerprint density at radius 3 is 2.22 bits per heavy atom. The molecule has 12 heteroatoms. The zero-order valence-electron chi connectivity index (χ0n) is 24.6. The molecule has 1 aromatic heterocycles. The zero-order valence-corrected chi connectivity index (χ0v) is 26.9. The number of benzene rings is 4. The zero-order chi connectivity index (χ0) is 32.1. The lowest BCUT2D eigenvalue weighted by Crippen LogP contribution is -2.19. The molecule has 0 atom stereocenters. The third-order valence-corrected chi connectivity index (χ3v) is 7.62. The van der Waals surface area contributed by atoms with E-state index in [0.717, 1.165) is 15.4 Å². The van der Waals surface area contributed by atoms with Crippen LogP contribution in [0.1, 0.15) is 26.4 Å². The minimum atomic E-state index is -0.666. The number of carbonyl (C=O) groups is 2. The van der Waals surface area contributed by atoms with Crippen molar-refractivity contribution in [1.29, 1.82) is 0 Å². The minimum absolute atomic E-state index is 0.172. The van der Waals surface area contributed by atoms with Crippen LogP contribution in [0.25, 0.3) is 22.0 Å². The molecule has 0 aliphatic heterocycles. The Kier molecular flexibility index (Phi) is 9.60. The molecular formula is C33H27BrClN3O7. The van der Waals surface area contributed by atoms with Gasteiger partial charge in [-0.3, -0.25) is 4.79 Å². The second-order valence-electron chi connectivity index (χ2n) is 9.46. The van der Waals surface area contributed by atoms with Crippen molar-refractivity contribution >= 4 is 56.5 Å². The number of ether oxygens (including phenoxy) is 5. The van der Waals surface area contributed by atoms with Gasteiger partial charge in [-0.05, 0) is 60.2 Å². The number of hydrogen-bond donors (Lipinski definition) is 2. The quantitative estimate of drug-likeness (QED) is 0.0684. The molecule has 5 aromatic rings. The maximum atomic E-state index is 13.3. The van der Waals surface area contributed by atoms with Crippen molar-refractivity contribution in [2.24, 2.45) is 5.10 Å². The summed E-state index contributed by atoms with van der Waals surface area (Å²) in [5.41, 5.74) is 5.77. The van der Waals surface area contributed by atoms with E-state index in [1.54, 1.807) is 24.3 Å². The van der Waals surface area contributed by atoms with Gasteiger partial charge in [0.1, 0.15) is 5.69 Å². The van der Waals surface area contributed by atoms with Gasteiger partial charge >= 0.3 is 5.97 Å². The predicted molar refractivity (Wildman–Crippen MR) is 176 cm³/mol. The molecule has 0 radical (unpaired) electrons. The summed E-state index contributed by atoms with van der Waals surface area (Å²) in [4.78, 5) is 29.5. The van der Waals surface area contributed by atoms with E-state index in [0.29, 0.717) is 44.7 Å². The van der Waals surface area contributed by atoms with Crippen LogP contribution in [-0.2, 0) is 0 Å². The molecule has 0 saturated carbocycles. The van der Waals surface area contributed by atoms with Crippen molar-refractivity contribution in [2.45, 2.75) is 0 Å². The lowest BCUT2D eigenvalue weighted by molar-refractivity contribution is 0.0728. The van der Waals surface area contributed by atoms with E-state index in [4.69, 9.17) is 35.3 Å². The number of nitrogens with one attached hydrogen (secondary N) is 2. The lowest BCUT2D eigenvalue weighted by Gasteiger charge is -2.14. The number of aromatic amines is 1. The first-order valence-electron chi connectivity index (χ1n) is 13.4. The molecule has 4 aromatic carbocycles. The second kappa shape index (κ2) is 13.7. The van der Waals surface area contributed by atoms with Crippen LogP contribution in [0, 0.1) is 0 Å². The summed E-state index contributed by atoms with van der Waals surface area (Å²) >= 11 is 10.0. The van der Waals surface area contributed by atoms with Gasteiger partial charge in [0.25, 0.3) is 5.91 Å². The molecule has 0 aliphatic rings. The van der Waals surface area contributed by atoms with E-state index in [2.05, 4.69) is 31.4 Å². The number of rotatable bonds is 10. The molecule has 1 amide bonds. The summed E-state index contributed by atoms with van der Waals surface area (Å²) in [7, 11) is 5.82. The average molecular weight is 693 g/mol. The summed E-state index contributed by atoms with van der Waals surface area (Å²) < 4.78 is 27.9. The number of hydrazone groups is 1. The molecule has 230 valence electrons. The number of nitrogens with zero attached hydrogens (tertiary/aromatic N) is 1. The number of hydrogen-bond acceptors (Lipinski definition) is 8. The summed E-state index contributed by atoms with van der Waals surface area (Å²) in [6, 6.07) is 20.8. The fourth-order valence-electron chi connectivity index (χ4n) is 4.71. The van der Waals surface area contributed by atoms with E-state index in [1.165, 1.54) is 46.8 Å². The van der Waals surface area contributed by atoms with Crippen molar-refractivity contribution in [3.05, 3.63) is 99.1 Å². The van der Waals surface area contributed by atoms with Gasteiger partial charge in [-0.1, -0.05) is 45.7 Å². The van der Waals surface area contributed by atoms with Crippen LogP contribution in [0.3, 0.4) is 0 Å². The maximum absolute atomic E-state index is 13.3. The monoisotopic (exact) mass is 691 g/mol. The molecule has 0 fully saturated rings. The summed E-state index contributed by atoms with van der Waals surface area (Å²) in [5.74, 6) is 0.284. The molecule has 0 unspecified atom stereocenters. The first-order chi connectivity index (χ1) is 21.8. The average Bonchev–Trinajstić information content (AvgIpc) is 3.43. The van der Waals surface area contributed by atoms with Crippen molar-refractivity contribution in [1.82, 2.24) is 10.4 Å². The van der Waals surface area contributed by atoms with Crippen molar-refractivity contribution < 1.29 is 33.3 Å². The van der Waals surface area contributed by atoms with Gasteiger partial charge in [0.15, 0.2) is 23.0 Å². The van der Waals surface area contributed by atoms with E-state index < -0.39 is 11.9 Å². The fraction of sp³-hybridized carbons (Fsp3) is 0.121. The van der Waals surface area contributed by atoms with Crippen LogP contribution in [0.5, 0.6) is 28.7 Å². The highest BCUT2D eigenvalue weighted by Gasteiger charge is 2.22. The third kappa shape index (κ3) is 6.59. The standard InChI is InChI=1S/C33H27BrClN3O7/c1-41-26-13-18(9-12-25(26)45-33(40)19-14-27(42-2)31(44-4)28(15-19)43-3)17-36-38-32(39)30-29(21-7-5-6-8-23(21)35)22-16-20(34)10-11-24(22)37-30/h5-17,37H,1-4H3,(H,38,39). The SMILES string of the molecule is COc1cc(C=NNC(=O)c2[nH]c3ccc(Br)cc3c2-c2ccccc2Cl)ccc1OC(=O)c1cc(OC)c(OC)c(OC)c1. The summed E-state index contributed by atoms with van der Waals surface area (Å²) in [6.07, 6.45) is 1.44. The molecule has 10 nitrogen and oxygen atoms in total. The Balaban J connectivity index is 1.36. The van der Waals surface area contributed by atoms with Crippen molar-refractivity contribution in [2.75, 3.05) is 28.4 Å². The van der Waals surface area contributed by atoms with Crippen LogP contribution < -0.4 is 29.1 Å². The lowest BCUT2D eigenvalue weighted by atomic mass is 10.0. The van der Waals surface area contributed by atoms with Gasteiger partial charge in [-0.25, -0.2) is 10.2 Å². The molecule has 5 rings (SSSR count). The summed E-state index contributed by atoms with van der Waals surface area (Å²) in [5, 5.41) is 5.48. The number of methoxy groups -OCH3 is 4. The van der Waals surface area contributed by atoms with Crippen molar-refractivity contribution in [3.8, 4) is 39.9 Å². The van der Waals surface area contributed by atoms with Gasteiger partial charge < -0.3 is 28.7 Å². The highest BCUT2D eigenvalue weighted by Crippen LogP contribution is 2.39. The Morgan fingerprint density at radius 2 is 1.56 bits per heavy atom. The summed E-state index contributed by atoms with van der Waals surface area (Å²) in [6.45, 7) is 0. The topological polar surface area (TPSA) is 120 Å². The number of aromatic nitrogens is 1. The number of esters is 1. The van der Waals surface area contributed by atoms with Crippen LogP contribution in [0.4, 0.5) is 0 Å². The molecule has 0 bridgehead atoms. The van der Waals surface area contributed by atoms with E-state index in [9.17, 15) is 9.59 Å². The highest BCUT2D eigenvalue weighted by molar-refractivity contribution is 9.10. The normalized spacial score (nSPS) is 11.0. The molecule has 0 spiro atoms. The first kappa shape index (κ1) is 31.4. The van der Waals surface area contributed by atoms with Gasteiger partial charge in [-0.2, -0.15) is 5.10 Å². The predicted octanol–water partition coefficient (Wildman–Crippen LogP) is 7.27. The minimum Gasteiger partial charge on any atom is -0.493 e. The van der Waals surface area contributed by atoms with Gasteiger partial charge in [0.05, 0.1) is 40.2 Å². The number of H-pyrrole nitrogens is 1. The Hall–Kier alpha value is -5.00. The fourth-order valence-corrected chi connectivity index (χ4v) is 5.30. The van der Waals surface area contributed by atoms with E-state index >= 15 is 0 Å². The largest absolute Gasteiger partial charge is 0.493 e. The van der Waals surface area contributed by atoms with Gasteiger partial charge in [0, 0.05) is 31.5 Å². The number of fused-ring (bicyclic) bond motifs is 1. The number of carbonyl (C=O) groups excluding carboxylic acids is 2. The molecular weight excluding hydrogens is 666 g/mol. The molecule has 2 N–H and O–H groups in total. The van der Waals surface area contributed by atoms with E-state index in [-0.39, 0.29) is 17.1 Å². The maximum Gasteiger partial charge on any atom is 0.343 e.